The van der Waals surface area contributed by atoms with Gasteiger partial charge in [0.2, 0.25) is 5.88 Å². The average Bonchev–Trinajstić information content (AvgIpc) is 2.94. The Morgan fingerprint density at radius 2 is 1.68 bits per heavy atom. The van der Waals surface area contributed by atoms with E-state index < -0.39 is 0 Å². The number of hydrogen-bond acceptors (Lipinski definition) is 3. The molecule has 0 saturated carbocycles. The maximum absolute atomic E-state index is 13.1. The number of hydroxylamine groups is 2. The highest BCUT2D eigenvalue weighted by Crippen LogP contribution is 2.37. The van der Waals surface area contributed by atoms with E-state index in [0.717, 1.165) is 16.7 Å². The first-order valence-electron chi connectivity index (χ1n) is 9.28. The van der Waals surface area contributed by atoms with Crippen LogP contribution in [0.25, 0.3) is 11.8 Å². The zero-order valence-electron chi connectivity index (χ0n) is 16.2. The van der Waals surface area contributed by atoms with Crippen LogP contribution >= 0.6 is 0 Å². The molecule has 0 unspecified atom stereocenters. The Kier molecular flexibility index (Phi) is 4.47. The summed E-state index contributed by atoms with van der Waals surface area (Å²) in [5.74, 6) is 0.182. The summed E-state index contributed by atoms with van der Waals surface area (Å²) in [5.41, 5.74) is 4.35. The highest BCUT2D eigenvalue weighted by atomic mass is 16.7. The zero-order valence-corrected chi connectivity index (χ0v) is 16.2. The fourth-order valence-corrected chi connectivity index (χ4v) is 3.17. The van der Waals surface area contributed by atoms with Crippen LogP contribution in [-0.2, 0) is 5.41 Å². The first-order valence-corrected chi connectivity index (χ1v) is 9.28. The molecule has 0 bridgehead atoms. The summed E-state index contributed by atoms with van der Waals surface area (Å²) in [6, 6.07) is 21.3. The molecule has 1 aliphatic rings. The van der Waals surface area contributed by atoms with Gasteiger partial charge in [-0.15, -0.1) is 5.06 Å². The molecule has 2 heterocycles. The molecule has 0 spiro atoms. The van der Waals surface area contributed by atoms with Crippen molar-refractivity contribution in [2.24, 2.45) is 0 Å². The molecule has 2 aromatic carbocycles. The molecule has 1 amide bonds. The summed E-state index contributed by atoms with van der Waals surface area (Å²) in [7, 11) is 0. The molecule has 0 atom stereocenters. The quantitative estimate of drug-likeness (QED) is 0.626. The maximum Gasteiger partial charge on any atom is 0.292 e. The average molecular weight is 370 g/mol. The van der Waals surface area contributed by atoms with E-state index in [4.69, 9.17) is 4.84 Å². The largest absolute Gasteiger partial charge is 0.351 e. The van der Waals surface area contributed by atoms with Crippen LogP contribution < -0.4 is 4.84 Å². The van der Waals surface area contributed by atoms with Crippen LogP contribution in [0.4, 0.5) is 0 Å². The number of rotatable bonds is 3. The smallest absolute Gasteiger partial charge is 0.292 e. The van der Waals surface area contributed by atoms with Crippen molar-refractivity contribution in [3.63, 3.8) is 0 Å². The molecule has 140 valence electrons. The summed E-state index contributed by atoms with van der Waals surface area (Å²) in [4.78, 5) is 23.2. The van der Waals surface area contributed by atoms with Gasteiger partial charge in [-0.05, 0) is 40.8 Å². The van der Waals surface area contributed by atoms with Crippen molar-refractivity contribution < 1.29 is 9.63 Å². The van der Waals surface area contributed by atoms with E-state index in [2.05, 4.69) is 31.8 Å². The van der Waals surface area contributed by atoms with E-state index in [-0.39, 0.29) is 11.3 Å². The molecular weight excluding hydrogens is 348 g/mol. The van der Waals surface area contributed by atoms with Crippen LogP contribution in [0.5, 0.6) is 5.88 Å². The Morgan fingerprint density at radius 3 is 2.36 bits per heavy atom. The maximum atomic E-state index is 13.1. The number of carbonyl (C=O) groups excluding carboxylic acids is 1. The molecule has 4 nitrogen and oxygen atoms in total. The number of amides is 1. The molecular formula is C24H22N2O2. The fraction of sp³-hybridized carbons (Fsp3) is 0.167. The van der Waals surface area contributed by atoms with E-state index in [9.17, 15) is 4.79 Å². The number of aromatic nitrogens is 1. The third kappa shape index (κ3) is 3.41. The molecule has 0 saturated heterocycles. The van der Waals surface area contributed by atoms with Crippen LogP contribution in [0.15, 0.2) is 72.9 Å². The van der Waals surface area contributed by atoms with Gasteiger partial charge in [0.25, 0.3) is 5.91 Å². The van der Waals surface area contributed by atoms with Crippen molar-refractivity contribution in [2.45, 2.75) is 26.2 Å². The zero-order chi connectivity index (χ0) is 19.7. The first-order chi connectivity index (χ1) is 13.4. The SMILES string of the molecule is CC(C)(C)c1ccc2c(c1)/C(=C\c1ccccc1)N(Oc1ccccn1)C2=O. The third-order valence-electron chi connectivity index (χ3n) is 4.72. The van der Waals surface area contributed by atoms with Gasteiger partial charge in [-0.1, -0.05) is 63.2 Å². The minimum atomic E-state index is -0.191. The predicted octanol–water partition coefficient (Wildman–Crippen LogP) is 5.33. The van der Waals surface area contributed by atoms with Crippen molar-refractivity contribution in [2.75, 3.05) is 0 Å². The summed E-state index contributed by atoms with van der Waals surface area (Å²) < 4.78 is 0. The molecule has 0 aliphatic carbocycles. The number of benzene rings is 2. The standard InChI is InChI=1S/C24H22N2O2/c1-24(2,3)18-12-13-19-20(16-18)21(15-17-9-5-4-6-10-17)26(23(19)27)28-22-11-7-8-14-25-22/h4-16H,1-3H3/b21-15+. The predicted molar refractivity (Wildman–Crippen MR) is 110 cm³/mol. The molecule has 4 heteroatoms. The van der Waals surface area contributed by atoms with E-state index in [0.29, 0.717) is 17.1 Å². The van der Waals surface area contributed by atoms with Crippen LogP contribution in [0.3, 0.4) is 0 Å². The fourth-order valence-electron chi connectivity index (χ4n) is 3.17. The van der Waals surface area contributed by atoms with Crippen LogP contribution in [-0.4, -0.2) is 16.0 Å². The second-order valence-electron chi connectivity index (χ2n) is 7.81. The lowest BCUT2D eigenvalue weighted by Gasteiger charge is -2.20. The Morgan fingerprint density at radius 1 is 0.929 bits per heavy atom. The molecule has 4 rings (SSSR count). The number of pyridine rings is 1. The Hall–Kier alpha value is -3.40. The van der Waals surface area contributed by atoms with Crippen LogP contribution in [0.2, 0.25) is 0 Å². The molecule has 3 aromatic rings. The summed E-state index contributed by atoms with van der Waals surface area (Å²) in [5, 5.41) is 1.34. The second-order valence-corrected chi connectivity index (χ2v) is 7.81. The lowest BCUT2D eigenvalue weighted by Crippen LogP contribution is -2.27. The molecule has 0 N–H and O–H groups in total. The van der Waals surface area contributed by atoms with Crippen molar-refractivity contribution in [3.05, 3.63) is 95.2 Å². The topological polar surface area (TPSA) is 42.4 Å². The summed E-state index contributed by atoms with van der Waals surface area (Å²) in [6.07, 6.45) is 3.61. The van der Waals surface area contributed by atoms with E-state index in [1.165, 1.54) is 5.06 Å². The molecule has 1 aliphatic heterocycles. The Bertz CT molecular complexity index is 1040. The van der Waals surface area contributed by atoms with Gasteiger partial charge in [0, 0.05) is 17.8 Å². The van der Waals surface area contributed by atoms with Gasteiger partial charge < -0.3 is 4.84 Å². The minimum absolute atomic E-state index is 0.0226. The molecule has 0 fully saturated rings. The lowest BCUT2D eigenvalue weighted by atomic mass is 9.85. The van der Waals surface area contributed by atoms with Crippen molar-refractivity contribution >= 4 is 17.7 Å². The Labute approximate surface area is 165 Å². The number of hydrogen-bond donors (Lipinski definition) is 0. The first kappa shape index (κ1) is 18.0. The second kappa shape index (κ2) is 6.97. The van der Waals surface area contributed by atoms with Gasteiger partial charge in [0.05, 0.1) is 11.3 Å². The normalized spacial score (nSPS) is 15.0. The summed E-state index contributed by atoms with van der Waals surface area (Å²) in [6.45, 7) is 6.48. The van der Waals surface area contributed by atoms with Gasteiger partial charge in [0.15, 0.2) is 0 Å². The Balaban J connectivity index is 1.84. The van der Waals surface area contributed by atoms with Crippen LogP contribution in [0, 0.1) is 0 Å². The number of nitrogens with zero attached hydrogens (tertiary/aromatic N) is 2. The monoisotopic (exact) mass is 370 g/mol. The highest BCUT2D eigenvalue weighted by molar-refractivity contribution is 6.11. The molecule has 0 radical (unpaired) electrons. The number of carbonyl (C=O) groups is 1. The van der Waals surface area contributed by atoms with E-state index >= 15 is 0 Å². The summed E-state index contributed by atoms with van der Waals surface area (Å²) >= 11 is 0. The third-order valence-corrected chi connectivity index (χ3v) is 4.72. The molecule has 1 aromatic heterocycles. The van der Waals surface area contributed by atoms with E-state index in [1.54, 1.807) is 12.3 Å². The van der Waals surface area contributed by atoms with Gasteiger partial charge >= 0.3 is 0 Å². The van der Waals surface area contributed by atoms with Gasteiger partial charge in [-0.2, -0.15) is 0 Å². The van der Waals surface area contributed by atoms with Crippen molar-refractivity contribution in [1.82, 2.24) is 10.0 Å². The van der Waals surface area contributed by atoms with Gasteiger partial charge in [-0.3, -0.25) is 4.79 Å². The lowest BCUT2D eigenvalue weighted by molar-refractivity contribution is 0.0107. The van der Waals surface area contributed by atoms with Crippen molar-refractivity contribution in [1.29, 1.82) is 0 Å². The number of fused-ring (bicyclic) bond motifs is 1. The van der Waals surface area contributed by atoms with Gasteiger partial charge in [-0.25, -0.2) is 4.98 Å². The molecule has 28 heavy (non-hydrogen) atoms. The minimum Gasteiger partial charge on any atom is -0.351 e. The van der Waals surface area contributed by atoms with Gasteiger partial charge in [0.1, 0.15) is 0 Å². The van der Waals surface area contributed by atoms with Crippen molar-refractivity contribution in [3.8, 4) is 5.88 Å². The van der Waals surface area contributed by atoms with Crippen LogP contribution in [0.1, 0.15) is 47.8 Å². The highest BCUT2D eigenvalue weighted by Gasteiger charge is 2.35. The van der Waals surface area contributed by atoms with E-state index in [1.807, 2.05) is 60.7 Å².